The van der Waals surface area contributed by atoms with Gasteiger partial charge in [0.25, 0.3) is 5.91 Å². The molecule has 1 amide bonds. The van der Waals surface area contributed by atoms with Crippen LogP contribution in [-0.4, -0.2) is 38.8 Å². The number of carbonyl (C=O) groups is 1. The molecule has 162 valence electrons. The molecule has 2 aromatic carbocycles. The molecule has 0 aromatic heterocycles. The number of hydrogen-bond acceptors (Lipinski definition) is 4. The minimum atomic E-state index is -4.50. The summed E-state index contributed by atoms with van der Waals surface area (Å²) in [5.41, 5.74) is 0.887. The van der Waals surface area contributed by atoms with Crippen molar-refractivity contribution in [3.8, 4) is 5.75 Å². The molecule has 1 heterocycles. The smallest absolute Gasteiger partial charge is 0.416 e. The van der Waals surface area contributed by atoms with E-state index in [1.165, 1.54) is 6.07 Å². The maximum Gasteiger partial charge on any atom is 0.416 e. The van der Waals surface area contributed by atoms with E-state index >= 15 is 0 Å². The molecule has 0 radical (unpaired) electrons. The van der Waals surface area contributed by atoms with Crippen molar-refractivity contribution in [2.45, 2.75) is 25.9 Å². The monoisotopic (exact) mass is 422 g/mol. The van der Waals surface area contributed by atoms with Crippen molar-refractivity contribution >= 4 is 17.3 Å². The van der Waals surface area contributed by atoms with Crippen LogP contribution in [0, 0.1) is 0 Å². The first-order valence-corrected chi connectivity index (χ1v) is 9.80. The first kappa shape index (κ1) is 22.0. The van der Waals surface area contributed by atoms with E-state index in [-0.39, 0.29) is 12.3 Å². The van der Waals surface area contributed by atoms with Crippen LogP contribution >= 0.6 is 0 Å². The molecular weight excluding hydrogens is 397 g/mol. The zero-order valence-electron chi connectivity index (χ0n) is 17.0. The van der Waals surface area contributed by atoms with Crippen molar-refractivity contribution in [3.05, 3.63) is 53.6 Å². The largest absolute Gasteiger partial charge is 0.484 e. The normalized spacial score (nSPS) is 14.7. The Balaban J connectivity index is 1.74. The van der Waals surface area contributed by atoms with E-state index in [9.17, 15) is 18.0 Å². The molecule has 1 aliphatic rings. The number of hydrogen-bond donors (Lipinski definition) is 1. The van der Waals surface area contributed by atoms with E-state index in [0.717, 1.165) is 17.7 Å². The Kier molecular flexibility index (Phi) is 6.87. The minimum Gasteiger partial charge on any atom is -0.484 e. The predicted molar refractivity (Wildman–Crippen MR) is 109 cm³/mol. The second kappa shape index (κ2) is 9.38. The molecule has 0 spiro atoms. The van der Waals surface area contributed by atoms with Crippen molar-refractivity contribution < 1.29 is 27.4 Å². The molecule has 8 heteroatoms. The summed E-state index contributed by atoms with van der Waals surface area (Å²) in [6, 6.07) is 10.8. The second-order valence-corrected chi connectivity index (χ2v) is 7.39. The number of alkyl halides is 3. The zero-order chi connectivity index (χ0) is 21.7. The summed E-state index contributed by atoms with van der Waals surface area (Å²) in [4.78, 5) is 14.3. The summed E-state index contributed by atoms with van der Waals surface area (Å²) in [5, 5.41) is 2.58. The summed E-state index contributed by atoms with van der Waals surface area (Å²) in [6.45, 7) is 5.81. The summed E-state index contributed by atoms with van der Waals surface area (Å²) in [7, 11) is 0. The molecule has 0 aliphatic carbocycles. The van der Waals surface area contributed by atoms with Gasteiger partial charge in [-0.05, 0) is 41.8 Å². The van der Waals surface area contributed by atoms with Gasteiger partial charge >= 0.3 is 6.18 Å². The van der Waals surface area contributed by atoms with Crippen LogP contribution in [0.2, 0.25) is 0 Å². The highest BCUT2D eigenvalue weighted by molar-refractivity contribution is 5.95. The van der Waals surface area contributed by atoms with Gasteiger partial charge in [0.1, 0.15) is 5.75 Å². The highest BCUT2D eigenvalue weighted by Gasteiger charge is 2.32. The number of carbonyl (C=O) groups excluding carboxylic acids is 1. The number of halogens is 3. The Morgan fingerprint density at radius 1 is 1.17 bits per heavy atom. The highest BCUT2D eigenvalue weighted by Crippen LogP contribution is 2.35. The molecule has 0 unspecified atom stereocenters. The van der Waals surface area contributed by atoms with Crippen molar-refractivity contribution in [1.29, 1.82) is 0 Å². The van der Waals surface area contributed by atoms with Crippen molar-refractivity contribution in [2.24, 2.45) is 0 Å². The quantitative estimate of drug-likeness (QED) is 0.734. The van der Waals surface area contributed by atoms with Crippen LogP contribution in [0.1, 0.15) is 30.9 Å². The average molecular weight is 422 g/mol. The maximum atomic E-state index is 13.2. The van der Waals surface area contributed by atoms with Crippen molar-refractivity contribution in [2.75, 3.05) is 43.1 Å². The fourth-order valence-electron chi connectivity index (χ4n) is 3.19. The fraction of sp³-hybridized carbons (Fsp3) is 0.409. The standard InChI is InChI=1S/C22H25F3N2O3/c1-15(2)16-4-3-5-18(12-16)30-14-21(28)26-19-13-17(22(23,24)25)6-7-20(19)27-8-10-29-11-9-27/h3-7,12-13,15H,8-11,14H2,1-2H3,(H,26,28). The van der Waals surface area contributed by atoms with Crippen LogP contribution in [-0.2, 0) is 15.7 Å². The van der Waals surface area contributed by atoms with E-state index in [2.05, 4.69) is 5.32 Å². The molecule has 0 bridgehead atoms. The van der Waals surface area contributed by atoms with Crippen LogP contribution in [0.5, 0.6) is 5.75 Å². The fourth-order valence-corrected chi connectivity index (χ4v) is 3.19. The Hall–Kier alpha value is -2.74. The lowest BCUT2D eigenvalue weighted by Crippen LogP contribution is -2.37. The highest BCUT2D eigenvalue weighted by atomic mass is 19.4. The van der Waals surface area contributed by atoms with Gasteiger partial charge in [-0.25, -0.2) is 0 Å². The summed E-state index contributed by atoms with van der Waals surface area (Å²) in [6.07, 6.45) is -4.50. The molecule has 1 N–H and O–H groups in total. The first-order chi connectivity index (χ1) is 14.2. The Morgan fingerprint density at radius 2 is 1.90 bits per heavy atom. The lowest BCUT2D eigenvalue weighted by atomic mass is 10.0. The lowest BCUT2D eigenvalue weighted by molar-refractivity contribution is -0.137. The molecule has 3 rings (SSSR count). The van der Waals surface area contributed by atoms with Crippen LogP contribution in [0.15, 0.2) is 42.5 Å². The number of anilines is 2. The van der Waals surface area contributed by atoms with Gasteiger partial charge < -0.3 is 19.7 Å². The van der Waals surface area contributed by atoms with Crippen molar-refractivity contribution in [1.82, 2.24) is 0 Å². The third-order valence-corrected chi connectivity index (χ3v) is 4.84. The molecule has 2 aromatic rings. The molecule has 1 aliphatic heterocycles. The Bertz CT molecular complexity index is 878. The van der Waals surface area contributed by atoms with Crippen LogP contribution < -0.4 is 15.0 Å². The Labute approximate surface area is 173 Å². The number of nitrogens with one attached hydrogen (secondary N) is 1. The molecule has 0 atom stereocenters. The lowest BCUT2D eigenvalue weighted by Gasteiger charge is -2.31. The van der Waals surface area contributed by atoms with E-state index < -0.39 is 17.6 Å². The molecular formula is C22H25F3N2O3. The van der Waals surface area contributed by atoms with Gasteiger partial charge in [0.2, 0.25) is 0 Å². The van der Waals surface area contributed by atoms with Crippen molar-refractivity contribution in [3.63, 3.8) is 0 Å². The van der Waals surface area contributed by atoms with Gasteiger partial charge in [-0.3, -0.25) is 4.79 Å². The maximum absolute atomic E-state index is 13.2. The number of nitrogens with zero attached hydrogens (tertiary/aromatic N) is 1. The van der Waals surface area contributed by atoms with Gasteiger partial charge in [0.05, 0.1) is 30.2 Å². The van der Waals surface area contributed by atoms with E-state index in [0.29, 0.717) is 43.7 Å². The van der Waals surface area contributed by atoms with E-state index in [1.54, 1.807) is 6.07 Å². The molecule has 0 saturated carbocycles. The third kappa shape index (κ3) is 5.66. The van der Waals surface area contributed by atoms with Crippen LogP contribution in [0.4, 0.5) is 24.5 Å². The number of amides is 1. The van der Waals surface area contributed by atoms with Gasteiger partial charge in [-0.15, -0.1) is 0 Å². The Morgan fingerprint density at radius 3 is 2.57 bits per heavy atom. The van der Waals surface area contributed by atoms with Gasteiger partial charge in [-0.2, -0.15) is 13.2 Å². The molecule has 5 nitrogen and oxygen atoms in total. The van der Waals surface area contributed by atoms with Crippen LogP contribution in [0.3, 0.4) is 0 Å². The zero-order valence-corrected chi connectivity index (χ0v) is 17.0. The minimum absolute atomic E-state index is 0.108. The molecule has 1 fully saturated rings. The van der Waals surface area contributed by atoms with Gasteiger partial charge in [0.15, 0.2) is 6.61 Å². The topological polar surface area (TPSA) is 50.8 Å². The first-order valence-electron chi connectivity index (χ1n) is 9.80. The van der Waals surface area contributed by atoms with Gasteiger partial charge in [0, 0.05) is 13.1 Å². The second-order valence-electron chi connectivity index (χ2n) is 7.39. The third-order valence-electron chi connectivity index (χ3n) is 4.84. The average Bonchev–Trinajstić information content (AvgIpc) is 2.72. The SMILES string of the molecule is CC(C)c1cccc(OCC(=O)Nc2cc(C(F)(F)F)ccc2N2CCOCC2)c1. The predicted octanol–water partition coefficient (Wildman–Crippen LogP) is 4.68. The summed E-state index contributed by atoms with van der Waals surface area (Å²) in [5.74, 6) is 0.316. The number of morpholine rings is 1. The van der Waals surface area contributed by atoms with Crippen LogP contribution in [0.25, 0.3) is 0 Å². The number of benzene rings is 2. The molecule has 30 heavy (non-hydrogen) atoms. The molecule has 1 saturated heterocycles. The van der Waals surface area contributed by atoms with Gasteiger partial charge in [-0.1, -0.05) is 26.0 Å². The summed E-state index contributed by atoms with van der Waals surface area (Å²) < 4.78 is 50.4. The summed E-state index contributed by atoms with van der Waals surface area (Å²) >= 11 is 0. The number of rotatable bonds is 6. The number of ether oxygens (including phenoxy) is 2. The van der Waals surface area contributed by atoms with E-state index in [4.69, 9.17) is 9.47 Å². The van der Waals surface area contributed by atoms with E-state index in [1.807, 2.05) is 36.9 Å².